The number of benzene rings is 3. The van der Waals surface area contributed by atoms with Gasteiger partial charge in [0, 0.05) is 5.39 Å². The lowest BCUT2D eigenvalue weighted by atomic mass is 10.0. The topological polar surface area (TPSA) is 52.3 Å². The Labute approximate surface area is 123 Å². The molecular weight excluding hydrogens is 262 g/mol. The van der Waals surface area contributed by atoms with Crippen LogP contribution in [0.1, 0.15) is 15.9 Å². The molecule has 3 aromatic carbocycles. The Morgan fingerprint density at radius 2 is 1.62 bits per heavy atom. The molecule has 0 unspecified atom stereocenters. The van der Waals surface area contributed by atoms with Crippen LogP contribution in [0, 0.1) is 0 Å². The third-order valence-corrected chi connectivity index (χ3v) is 3.40. The van der Waals surface area contributed by atoms with Gasteiger partial charge in [0.05, 0.1) is 11.3 Å². The first-order valence-electron chi connectivity index (χ1n) is 6.74. The standard InChI is InChI=1S/C18H15NO2/c19-17-15-9-5-4-8-14(15)10-11-16(17)18(20)21-12-13-6-2-1-3-7-13/h1-11H,12,19H2. The summed E-state index contributed by atoms with van der Waals surface area (Å²) in [5.41, 5.74) is 7.91. The van der Waals surface area contributed by atoms with E-state index in [1.54, 1.807) is 6.07 Å². The Hall–Kier alpha value is -2.81. The lowest BCUT2D eigenvalue weighted by molar-refractivity contribution is 0.0474. The second kappa shape index (κ2) is 5.67. The molecule has 0 aliphatic heterocycles. The average Bonchev–Trinajstić information content (AvgIpc) is 2.54. The van der Waals surface area contributed by atoms with Gasteiger partial charge in [0.25, 0.3) is 0 Å². The lowest BCUT2D eigenvalue weighted by Gasteiger charge is -2.09. The molecule has 0 spiro atoms. The van der Waals surface area contributed by atoms with Crippen LogP contribution in [0.15, 0.2) is 66.7 Å². The minimum absolute atomic E-state index is 0.242. The van der Waals surface area contributed by atoms with Crippen LogP contribution in [-0.2, 0) is 11.3 Å². The van der Waals surface area contributed by atoms with Crippen molar-refractivity contribution < 1.29 is 9.53 Å². The van der Waals surface area contributed by atoms with Crippen molar-refractivity contribution in [2.24, 2.45) is 0 Å². The molecule has 0 amide bonds. The summed E-state index contributed by atoms with van der Waals surface area (Å²) in [5, 5.41) is 1.88. The minimum atomic E-state index is -0.401. The number of nitrogens with two attached hydrogens (primary N) is 1. The van der Waals surface area contributed by atoms with Crippen molar-refractivity contribution >= 4 is 22.4 Å². The number of rotatable bonds is 3. The SMILES string of the molecule is Nc1c(C(=O)OCc2ccccc2)ccc2ccccc12. The van der Waals surface area contributed by atoms with Gasteiger partial charge in [0.2, 0.25) is 0 Å². The second-order valence-electron chi connectivity index (χ2n) is 4.81. The Bertz CT molecular complexity index is 782. The molecule has 21 heavy (non-hydrogen) atoms. The first-order valence-corrected chi connectivity index (χ1v) is 6.74. The molecule has 0 bridgehead atoms. The van der Waals surface area contributed by atoms with Crippen LogP contribution in [0.3, 0.4) is 0 Å². The largest absolute Gasteiger partial charge is 0.457 e. The van der Waals surface area contributed by atoms with Gasteiger partial charge in [-0.25, -0.2) is 4.79 Å². The van der Waals surface area contributed by atoms with E-state index < -0.39 is 5.97 Å². The number of carbonyl (C=O) groups is 1. The van der Waals surface area contributed by atoms with Crippen molar-refractivity contribution in [2.75, 3.05) is 5.73 Å². The monoisotopic (exact) mass is 277 g/mol. The number of ether oxygens (including phenoxy) is 1. The highest BCUT2D eigenvalue weighted by Crippen LogP contribution is 2.25. The molecule has 2 N–H and O–H groups in total. The van der Waals surface area contributed by atoms with E-state index in [1.807, 2.05) is 60.7 Å². The first-order chi connectivity index (χ1) is 10.3. The summed E-state index contributed by atoms with van der Waals surface area (Å²) < 4.78 is 5.32. The molecular formula is C18H15NO2. The average molecular weight is 277 g/mol. The van der Waals surface area contributed by atoms with Crippen LogP contribution >= 0.6 is 0 Å². The van der Waals surface area contributed by atoms with Gasteiger partial charge in [-0.15, -0.1) is 0 Å². The maximum absolute atomic E-state index is 12.2. The molecule has 3 aromatic rings. The summed E-state index contributed by atoms with van der Waals surface area (Å²) >= 11 is 0. The van der Waals surface area contributed by atoms with E-state index >= 15 is 0 Å². The van der Waals surface area contributed by atoms with Crippen LogP contribution in [0.5, 0.6) is 0 Å². The molecule has 3 nitrogen and oxygen atoms in total. The van der Waals surface area contributed by atoms with Crippen LogP contribution < -0.4 is 5.73 Å². The van der Waals surface area contributed by atoms with E-state index in [2.05, 4.69) is 0 Å². The number of hydrogen-bond acceptors (Lipinski definition) is 3. The van der Waals surface area contributed by atoms with Crippen molar-refractivity contribution in [3.05, 3.63) is 77.9 Å². The zero-order chi connectivity index (χ0) is 14.7. The van der Waals surface area contributed by atoms with Gasteiger partial charge < -0.3 is 10.5 Å². The number of hydrogen-bond donors (Lipinski definition) is 1. The molecule has 0 atom stereocenters. The summed E-state index contributed by atoms with van der Waals surface area (Å²) in [4.78, 5) is 12.2. The molecule has 0 aromatic heterocycles. The minimum Gasteiger partial charge on any atom is -0.457 e. The van der Waals surface area contributed by atoms with Gasteiger partial charge in [-0.2, -0.15) is 0 Å². The first kappa shape index (κ1) is 13.2. The molecule has 104 valence electrons. The Balaban J connectivity index is 1.83. The van der Waals surface area contributed by atoms with E-state index in [0.29, 0.717) is 11.3 Å². The van der Waals surface area contributed by atoms with Crippen LogP contribution in [0.25, 0.3) is 10.8 Å². The van der Waals surface area contributed by atoms with Crippen molar-refractivity contribution in [1.29, 1.82) is 0 Å². The molecule has 0 radical (unpaired) electrons. The van der Waals surface area contributed by atoms with E-state index in [9.17, 15) is 4.79 Å². The van der Waals surface area contributed by atoms with Crippen molar-refractivity contribution in [3.8, 4) is 0 Å². The fraction of sp³-hybridized carbons (Fsp3) is 0.0556. The number of fused-ring (bicyclic) bond motifs is 1. The van der Waals surface area contributed by atoms with E-state index in [4.69, 9.17) is 10.5 Å². The second-order valence-corrected chi connectivity index (χ2v) is 4.81. The number of carbonyl (C=O) groups excluding carboxylic acids is 1. The van der Waals surface area contributed by atoms with Crippen LogP contribution in [0.2, 0.25) is 0 Å². The van der Waals surface area contributed by atoms with Gasteiger partial charge >= 0.3 is 5.97 Å². The predicted molar refractivity (Wildman–Crippen MR) is 83.9 cm³/mol. The molecule has 0 fully saturated rings. The third-order valence-electron chi connectivity index (χ3n) is 3.40. The highest BCUT2D eigenvalue weighted by Gasteiger charge is 2.13. The summed E-state index contributed by atoms with van der Waals surface area (Å²) in [6.07, 6.45) is 0. The third kappa shape index (κ3) is 2.72. The summed E-state index contributed by atoms with van der Waals surface area (Å²) in [6.45, 7) is 0.242. The maximum atomic E-state index is 12.2. The Kier molecular flexibility index (Phi) is 3.56. The molecule has 3 heteroatoms. The number of esters is 1. The molecule has 0 aliphatic rings. The number of nitrogen functional groups attached to an aromatic ring is 1. The van der Waals surface area contributed by atoms with E-state index in [-0.39, 0.29) is 6.61 Å². The van der Waals surface area contributed by atoms with Crippen molar-refractivity contribution in [2.45, 2.75) is 6.61 Å². The van der Waals surface area contributed by atoms with Gasteiger partial charge in [-0.3, -0.25) is 0 Å². The molecule has 0 aliphatic carbocycles. The summed E-state index contributed by atoms with van der Waals surface area (Å²) in [6, 6.07) is 20.9. The maximum Gasteiger partial charge on any atom is 0.340 e. The van der Waals surface area contributed by atoms with E-state index in [1.165, 1.54) is 0 Å². The van der Waals surface area contributed by atoms with E-state index in [0.717, 1.165) is 16.3 Å². The normalized spacial score (nSPS) is 10.5. The Morgan fingerprint density at radius 3 is 2.43 bits per heavy atom. The smallest absolute Gasteiger partial charge is 0.340 e. The zero-order valence-corrected chi connectivity index (χ0v) is 11.5. The van der Waals surface area contributed by atoms with Gasteiger partial charge in [0.1, 0.15) is 6.61 Å². The molecule has 0 saturated carbocycles. The fourth-order valence-corrected chi connectivity index (χ4v) is 2.27. The van der Waals surface area contributed by atoms with Crippen molar-refractivity contribution in [1.82, 2.24) is 0 Å². The summed E-state index contributed by atoms with van der Waals surface area (Å²) in [7, 11) is 0. The number of anilines is 1. The predicted octanol–water partition coefficient (Wildman–Crippen LogP) is 3.78. The zero-order valence-electron chi connectivity index (χ0n) is 11.5. The Morgan fingerprint density at radius 1 is 0.905 bits per heavy atom. The van der Waals surface area contributed by atoms with Gasteiger partial charge in [0.15, 0.2) is 0 Å². The van der Waals surface area contributed by atoms with Crippen molar-refractivity contribution in [3.63, 3.8) is 0 Å². The summed E-state index contributed by atoms with van der Waals surface area (Å²) in [5.74, 6) is -0.401. The molecule has 0 saturated heterocycles. The van der Waals surface area contributed by atoms with Gasteiger partial charge in [-0.1, -0.05) is 60.7 Å². The highest BCUT2D eigenvalue weighted by atomic mass is 16.5. The molecule has 3 rings (SSSR count). The quantitative estimate of drug-likeness (QED) is 0.585. The lowest BCUT2D eigenvalue weighted by Crippen LogP contribution is -2.08. The fourth-order valence-electron chi connectivity index (χ4n) is 2.27. The van der Waals surface area contributed by atoms with Gasteiger partial charge in [-0.05, 0) is 17.0 Å². The molecule has 0 heterocycles. The van der Waals surface area contributed by atoms with Crippen LogP contribution in [0.4, 0.5) is 5.69 Å². The highest BCUT2D eigenvalue weighted by molar-refractivity contribution is 6.05. The van der Waals surface area contributed by atoms with Crippen LogP contribution in [-0.4, -0.2) is 5.97 Å².